The Hall–Kier alpha value is -0.990. The fraction of sp³-hybridized carbons (Fsp3) is 0.700. The Balaban J connectivity index is 2.57. The lowest BCUT2D eigenvalue weighted by Gasteiger charge is -2.18. The van der Waals surface area contributed by atoms with E-state index >= 15 is 0 Å². The van der Waals surface area contributed by atoms with Gasteiger partial charge >= 0.3 is 0 Å². The van der Waals surface area contributed by atoms with Crippen LogP contribution >= 0.6 is 0 Å². The molecule has 1 heterocycles. The Morgan fingerprint density at radius 2 is 2.23 bits per heavy atom. The first kappa shape index (κ1) is 8.60. The molecule has 0 bridgehead atoms. The number of nitrogens with two attached hydrogens (primary N) is 1. The van der Waals surface area contributed by atoms with Gasteiger partial charge in [-0.2, -0.15) is 5.10 Å². The first-order valence-corrected chi connectivity index (χ1v) is 4.92. The second kappa shape index (κ2) is 2.50. The smallest absolute Gasteiger partial charge is 0.125 e. The highest BCUT2D eigenvalue weighted by Crippen LogP contribution is 2.41. The van der Waals surface area contributed by atoms with Crippen LogP contribution in [0.1, 0.15) is 38.4 Å². The van der Waals surface area contributed by atoms with E-state index < -0.39 is 0 Å². The predicted molar refractivity (Wildman–Crippen MR) is 53.7 cm³/mol. The van der Waals surface area contributed by atoms with Crippen LogP contribution in [0, 0.1) is 0 Å². The number of nitrogen functional groups attached to an aromatic ring is 1. The van der Waals surface area contributed by atoms with Crippen molar-refractivity contribution < 1.29 is 0 Å². The normalized spacial score (nSPS) is 19.0. The van der Waals surface area contributed by atoms with Crippen molar-refractivity contribution in [2.75, 3.05) is 5.73 Å². The summed E-state index contributed by atoms with van der Waals surface area (Å²) in [4.78, 5) is 0. The van der Waals surface area contributed by atoms with Gasteiger partial charge in [-0.15, -0.1) is 0 Å². The summed E-state index contributed by atoms with van der Waals surface area (Å²) in [6.45, 7) is 7.44. The minimum absolute atomic E-state index is 0.229. The highest BCUT2D eigenvalue weighted by molar-refractivity contribution is 5.51. The zero-order valence-electron chi connectivity index (χ0n) is 8.59. The van der Waals surface area contributed by atoms with Gasteiger partial charge in [0.2, 0.25) is 0 Å². The van der Waals surface area contributed by atoms with Crippen molar-refractivity contribution in [1.82, 2.24) is 9.78 Å². The van der Waals surface area contributed by atoms with Crippen molar-refractivity contribution in [3.05, 3.63) is 11.3 Å². The molecule has 3 heteroatoms. The molecular weight excluding hydrogens is 162 g/mol. The second-order valence-electron chi connectivity index (χ2n) is 4.41. The zero-order chi connectivity index (χ0) is 9.64. The molecule has 0 fully saturated rings. The minimum atomic E-state index is 0.229. The first-order valence-electron chi connectivity index (χ1n) is 4.92. The monoisotopic (exact) mass is 179 g/mol. The van der Waals surface area contributed by atoms with E-state index in [2.05, 4.69) is 25.9 Å². The largest absolute Gasteiger partial charge is 0.384 e. The van der Waals surface area contributed by atoms with Gasteiger partial charge in [-0.3, -0.25) is 0 Å². The van der Waals surface area contributed by atoms with Crippen molar-refractivity contribution in [3.8, 4) is 0 Å². The fourth-order valence-corrected chi connectivity index (χ4v) is 2.24. The van der Waals surface area contributed by atoms with Gasteiger partial charge in [-0.25, -0.2) is 4.68 Å². The number of hydrogen-bond acceptors (Lipinski definition) is 2. The van der Waals surface area contributed by atoms with E-state index in [-0.39, 0.29) is 5.41 Å². The van der Waals surface area contributed by atoms with E-state index in [1.54, 1.807) is 0 Å². The Morgan fingerprint density at radius 3 is 2.77 bits per heavy atom. The van der Waals surface area contributed by atoms with Gasteiger partial charge in [0.05, 0.1) is 5.69 Å². The van der Waals surface area contributed by atoms with Gasteiger partial charge in [-0.1, -0.05) is 13.8 Å². The molecular formula is C10H17N3. The van der Waals surface area contributed by atoms with Crippen LogP contribution in [-0.4, -0.2) is 9.78 Å². The molecule has 1 aliphatic rings. The first-order chi connectivity index (χ1) is 6.06. The average molecular weight is 179 g/mol. The van der Waals surface area contributed by atoms with Gasteiger partial charge in [0, 0.05) is 12.1 Å². The molecule has 72 valence electrons. The molecule has 0 atom stereocenters. The summed E-state index contributed by atoms with van der Waals surface area (Å²) < 4.78 is 1.91. The number of anilines is 1. The van der Waals surface area contributed by atoms with Crippen molar-refractivity contribution in [2.45, 2.75) is 45.6 Å². The number of aryl methyl sites for hydroxylation is 2. The third-order valence-corrected chi connectivity index (χ3v) is 3.03. The van der Waals surface area contributed by atoms with E-state index in [9.17, 15) is 0 Å². The lowest BCUT2D eigenvalue weighted by Crippen LogP contribution is -2.15. The number of fused-ring (bicyclic) bond motifs is 1. The SMILES string of the molecule is CCn1nc2c(c1N)C(C)(C)CC2. The van der Waals surface area contributed by atoms with Crippen LogP contribution in [0.2, 0.25) is 0 Å². The topological polar surface area (TPSA) is 43.8 Å². The third-order valence-electron chi connectivity index (χ3n) is 3.03. The molecule has 2 rings (SSSR count). The Morgan fingerprint density at radius 1 is 1.54 bits per heavy atom. The van der Waals surface area contributed by atoms with Crippen molar-refractivity contribution in [1.29, 1.82) is 0 Å². The van der Waals surface area contributed by atoms with Crippen LogP contribution < -0.4 is 5.73 Å². The summed E-state index contributed by atoms with van der Waals surface area (Å²) in [5, 5.41) is 4.50. The number of nitrogens with zero attached hydrogens (tertiary/aromatic N) is 2. The molecule has 0 saturated heterocycles. The van der Waals surface area contributed by atoms with Gasteiger partial charge in [-0.05, 0) is 25.2 Å². The van der Waals surface area contributed by atoms with Crippen molar-refractivity contribution >= 4 is 5.82 Å². The quantitative estimate of drug-likeness (QED) is 0.713. The summed E-state index contributed by atoms with van der Waals surface area (Å²) in [6, 6.07) is 0. The molecule has 0 aliphatic heterocycles. The van der Waals surface area contributed by atoms with E-state index in [0.29, 0.717) is 0 Å². The van der Waals surface area contributed by atoms with E-state index in [1.165, 1.54) is 17.7 Å². The fourth-order valence-electron chi connectivity index (χ4n) is 2.24. The molecule has 1 aliphatic carbocycles. The maximum absolute atomic E-state index is 6.04. The third kappa shape index (κ3) is 1.06. The van der Waals surface area contributed by atoms with Crippen LogP contribution in [0.5, 0.6) is 0 Å². The molecule has 0 radical (unpaired) electrons. The lowest BCUT2D eigenvalue weighted by molar-refractivity contribution is 0.514. The number of aromatic nitrogens is 2. The van der Waals surface area contributed by atoms with Crippen molar-refractivity contribution in [2.24, 2.45) is 0 Å². The van der Waals surface area contributed by atoms with Crippen LogP contribution in [-0.2, 0) is 18.4 Å². The minimum Gasteiger partial charge on any atom is -0.384 e. The molecule has 0 aromatic carbocycles. The highest BCUT2D eigenvalue weighted by Gasteiger charge is 2.35. The van der Waals surface area contributed by atoms with Gasteiger partial charge in [0.25, 0.3) is 0 Å². The summed E-state index contributed by atoms with van der Waals surface area (Å²) in [5.41, 5.74) is 8.77. The maximum atomic E-state index is 6.04. The van der Waals surface area contributed by atoms with E-state index in [1.807, 2.05) is 4.68 Å². The predicted octanol–water partition coefficient (Wildman–Crippen LogP) is 1.71. The lowest BCUT2D eigenvalue weighted by atomic mass is 9.87. The molecule has 1 aromatic heterocycles. The average Bonchev–Trinajstić information content (AvgIpc) is 2.52. The molecule has 3 nitrogen and oxygen atoms in total. The second-order valence-corrected chi connectivity index (χ2v) is 4.41. The number of rotatable bonds is 1. The Bertz CT molecular complexity index is 336. The Kier molecular flexibility index (Phi) is 1.65. The van der Waals surface area contributed by atoms with Crippen LogP contribution in [0.4, 0.5) is 5.82 Å². The maximum Gasteiger partial charge on any atom is 0.125 e. The van der Waals surface area contributed by atoms with E-state index in [0.717, 1.165) is 18.8 Å². The molecule has 0 unspecified atom stereocenters. The van der Waals surface area contributed by atoms with Crippen LogP contribution in [0.25, 0.3) is 0 Å². The molecule has 13 heavy (non-hydrogen) atoms. The highest BCUT2D eigenvalue weighted by atomic mass is 15.3. The standard InChI is InChI=1S/C10H17N3/c1-4-13-9(11)8-7(12-13)5-6-10(8,2)3/h4-6,11H2,1-3H3. The van der Waals surface area contributed by atoms with Crippen LogP contribution in [0.3, 0.4) is 0 Å². The number of hydrogen-bond donors (Lipinski definition) is 1. The van der Waals surface area contributed by atoms with Gasteiger partial charge in [0.1, 0.15) is 5.82 Å². The molecule has 0 spiro atoms. The zero-order valence-corrected chi connectivity index (χ0v) is 8.59. The molecule has 0 saturated carbocycles. The summed E-state index contributed by atoms with van der Waals surface area (Å²) in [5.74, 6) is 0.875. The molecule has 0 amide bonds. The molecule has 2 N–H and O–H groups in total. The van der Waals surface area contributed by atoms with Gasteiger partial charge < -0.3 is 5.73 Å². The Labute approximate surface area is 78.9 Å². The summed E-state index contributed by atoms with van der Waals surface area (Å²) >= 11 is 0. The van der Waals surface area contributed by atoms with Gasteiger partial charge in [0.15, 0.2) is 0 Å². The summed E-state index contributed by atoms with van der Waals surface area (Å²) in [6.07, 6.45) is 2.26. The summed E-state index contributed by atoms with van der Waals surface area (Å²) in [7, 11) is 0. The molecule has 1 aromatic rings. The van der Waals surface area contributed by atoms with Crippen molar-refractivity contribution in [3.63, 3.8) is 0 Å². The van der Waals surface area contributed by atoms with Crippen LogP contribution in [0.15, 0.2) is 0 Å². The van der Waals surface area contributed by atoms with E-state index in [4.69, 9.17) is 5.73 Å².